The lowest BCUT2D eigenvalue weighted by molar-refractivity contribution is -0.134. The highest BCUT2D eigenvalue weighted by Gasteiger charge is 2.32. The molecule has 1 aliphatic carbocycles. The van der Waals surface area contributed by atoms with Gasteiger partial charge in [-0.2, -0.15) is 0 Å². The van der Waals surface area contributed by atoms with Crippen molar-refractivity contribution in [3.05, 3.63) is 35.4 Å². The smallest absolute Gasteiger partial charge is 0.225 e. The van der Waals surface area contributed by atoms with Crippen molar-refractivity contribution in [3.8, 4) is 0 Å². The molecule has 1 unspecified atom stereocenters. The third-order valence-corrected chi connectivity index (χ3v) is 5.47. The summed E-state index contributed by atoms with van der Waals surface area (Å²) in [4.78, 5) is 18.7. The number of carbonyl (C=O) groups excluding carboxylic acids is 1. The third kappa shape index (κ3) is 5.17. The monoisotopic (exact) mass is 378 g/mol. The van der Waals surface area contributed by atoms with Gasteiger partial charge in [-0.3, -0.25) is 9.79 Å². The van der Waals surface area contributed by atoms with Crippen molar-refractivity contribution in [3.63, 3.8) is 0 Å². The van der Waals surface area contributed by atoms with Crippen LogP contribution in [0.5, 0.6) is 0 Å². The van der Waals surface area contributed by atoms with Crippen LogP contribution in [0.4, 0.5) is 8.78 Å². The Kier molecular flexibility index (Phi) is 6.63. The Morgan fingerprint density at radius 1 is 1.26 bits per heavy atom. The van der Waals surface area contributed by atoms with Crippen molar-refractivity contribution in [2.24, 2.45) is 10.9 Å². The fourth-order valence-corrected chi connectivity index (χ4v) is 3.94. The van der Waals surface area contributed by atoms with E-state index in [0.29, 0.717) is 36.9 Å². The molecule has 1 saturated heterocycles. The van der Waals surface area contributed by atoms with E-state index in [-0.39, 0.29) is 12.0 Å². The molecule has 2 aliphatic rings. The van der Waals surface area contributed by atoms with Crippen LogP contribution >= 0.6 is 0 Å². The summed E-state index contributed by atoms with van der Waals surface area (Å²) in [6.45, 7) is 1.97. The van der Waals surface area contributed by atoms with Crippen LogP contribution < -0.4 is 10.6 Å². The van der Waals surface area contributed by atoms with Crippen LogP contribution in [0.15, 0.2) is 23.2 Å². The summed E-state index contributed by atoms with van der Waals surface area (Å²) in [5.74, 6) is 0.0484. The maximum Gasteiger partial charge on any atom is 0.225 e. The first-order chi connectivity index (χ1) is 13.1. The van der Waals surface area contributed by atoms with Gasteiger partial charge in [-0.15, -0.1) is 0 Å². The van der Waals surface area contributed by atoms with Crippen LogP contribution in [-0.2, 0) is 11.2 Å². The van der Waals surface area contributed by atoms with Gasteiger partial charge < -0.3 is 15.5 Å². The predicted octanol–water partition coefficient (Wildman–Crippen LogP) is 2.46. The molecule has 0 aromatic heterocycles. The number of halogens is 2. The first-order valence-electron chi connectivity index (χ1n) is 9.76. The second kappa shape index (κ2) is 9.15. The molecule has 0 radical (unpaired) electrons. The molecule has 5 nitrogen and oxygen atoms in total. The summed E-state index contributed by atoms with van der Waals surface area (Å²) < 4.78 is 26.6. The highest BCUT2D eigenvalue weighted by Crippen LogP contribution is 2.27. The van der Waals surface area contributed by atoms with E-state index in [2.05, 4.69) is 15.6 Å². The van der Waals surface area contributed by atoms with Crippen molar-refractivity contribution >= 4 is 11.9 Å². The van der Waals surface area contributed by atoms with Gasteiger partial charge in [0.25, 0.3) is 0 Å². The molecule has 27 heavy (non-hydrogen) atoms. The highest BCUT2D eigenvalue weighted by atomic mass is 19.1. The van der Waals surface area contributed by atoms with Crippen LogP contribution in [-0.4, -0.2) is 49.5 Å². The van der Waals surface area contributed by atoms with E-state index in [4.69, 9.17) is 0 Å². The van der Waals surface area contributed by atoms with Crippen LogP contribution in [0.3, 0.4) is 0 Å². The van der Waals surface area contributed by atoms with Crippen molar-refractivity contribution in [1.29, 1.82) is 0 Å². The van der Waals surface area contributed by atoms with Gasteiger partial charge in [0.15, 0.2) is 5.96 Å². The average molecular weight is 378 g/mol. The van der Waals surface area contributed by atoms with E-state index in [1.807, 2.05) is 4.90 Å². The quantitative estimate of drug-likeness (QED) is 0.611. The molecule has 1 aromatic carbocycles. The van der Waals surface area contributed by atoms with E-state index in [1.165, 1.54) is 12.1 Å². The summed E-state index contributed by atoms with van der Waals surface area (Å²) in [5, 5.41) is 6.50. The SMILES string of the molecule is CN=C(NCCc1ccc(F)cc1F)NC1CCN(C(=O)C2CCCC2)C1. The summed E-state index contributed by atoms with van der Waals surface area (Å²) in [6.07, 6.45) is 5.71. The fraction of sp³-hybridized carbons (Fsp3) is 0.600. The number of guanidine groups is 1. The predicted molar refractivity (Wildman–Crippen MR) is 102 cm³/mol. The number of nitrogens with zero attached hydrogens (tertiary/aromatic N) is 2. The van der Waals surface area contributed by atoms with Crippen molar-refractivity contribution in [2.75, 3.05) is 26.7 Å². The molecular formula is C20H28F2N4O. The Morgan fingerprint density at radius 3 is 2.74 bits per heavy atom. The van der Waals surface area contributed by atoms with Crippen molar-refractivity contribution in [1.82, 2.24) is 15.5 Å². The molecule has 148 valence electrons. The van der Waals surface area contributed by atoms with Gasteiger partial charge in [0, 0.05) is 44.7 Å². The van der Waals surface area contributed by atoms with Gasteiger partial charge >= 0.3 is 0 Å². The number of amides is 1. The molecule has 1 heterocycles. The first kappa shape index (κ1) is 19.6. The number of benzene rings is 1. The molecule has 0 bridgehead atoms. The second-order valence-corrected chi connectivity index (χ2v) is 7.38. The number of likely N-dealkylation sites (tertiary alicyclic amines) is 1. The molecule has 1 aliphatic heterocycles. The molecule has 2 N–H and O–H groups in total. The van der Waals surface area contributed by atoms with Crippen molar-refractivity contribution < 1.29 is 13.6 Å². The lowest BCUT2D eigenvalue weighted by atomic mass is 10.1. The Labute approximate surface area is 159 Å². The molecule has 1 aromatic rings. The van der Waals surface area contributed by atoms with Gasteiger partial charge in [0.05, 0.1) is 0 Å². The fourth-order valence-electron chi connectivity index (χ4n) is 3.94. The molecule has 1 amide bonds. The molecule has 1 atom stereocenters. The van der Waals surface area contributed by atoms with E-state index in [0.717, 1.165) is 44.7 Å². The van der Waals surface area contributed by atoms with Gasteiger partial charge in [-0.25, -0.2) is 8.78 Å². The van der Waals surface area contributed by atoms with Gasteiger partial charge in [-0.1, -0.05) is 18.9 Å². The normalized spacial score (nSPS) is 20.9. The summed E-state index contributed by atoms with van der Waals surface area (Å²) in [7, 11) is 1.68. The minimum atomic E-state index is -0.570. The number of nitrogens with one attached hydrogen (secondary N) is 2. The summed E-state index contributed by atoms with van der Waals surface area (Å²) in [5.41, 5.74) is 0.466. The molecule has 7 heteroatoms. The number of hydrogen-bond donors (Lipinski definition) is 2. The number of carbonyl (C=O) groups is 1. The van der Waals surface area contributed by atoms with E-state index in [9.17, 15) is 13.6 Å². The Hall–Kier alpha value is -2.18. The molecule has 1 saturated carbocycles. The Balaban J connectivity index is 1.43. The van der Waals surface area contributed by atoms with Crippen LogP contribution in [0.2, 0.25) is 0 Å². The first-order valence-corrected chi connectivity index (χ1v) is 9.76. The topological polar surface area (TPSA) is 56.7 Å². The molecular weight excluding hydrogens is 350 g/mol. The average Bonchev–Trinajstić information content (AvgIpc) is 3.34. The standard InChI is InChI=1S/C20H28F2N4O/c1-23-20(24-10-8-14-6-7-16(21)12-18(14)22)25-17-9-11-26(13-17)19(27)15-4-2-3-5-15/h6-7,12,15,17H,2-5,8-11,13H2,1H3,(H2,23,24,25). The Bertz CT molecular complexity index is 689. The molecule has 3 rings (SSSR count). The zero-order chi connectivity index (χ0) is 19.2. The largest absolute Gasteiger partial charge is 0.356 e. The van der Waals surface area contributed by atoms with E-state index in [1.54, 1.807) is 7.05 Å². The molecule has 0 spiro atoms. The molecule has 2 fully saturated rings. The van der Waals surface area contributed by atoms with E-state index >= 15 is 0 Å². The lowest BCUT2D eigenvalue weighted by Crippen LogP contribution is -2.45. The van der Waals surface area contributed by atoms with Crippen LogP contribution in [0.1, 0.15) is 37.7 Å². The number of hydrogen-bond acceptors (Lipinski definition) is 2. The maximum atomic E-state index is 13.7. The number of aliphatic imine (C=N–C) groups is 1. The maximum absolute atomic E-state index is 13.7. The van der Waals surface area contributed by atoms with Gasteiger partial charge in [0.1, 0.15) is 11.6 Å². The van der Waals surface area contributed by atoms with E-state index < -0.39 is 11.6 Å². The third-order valence-electron chi connectivity index (χ3n) is 5.47. The highest BCUT2D eigenvalue weighted by molar-refractivity contribution is 5.81. The minimum Gasteiger partial charge on any atom is -0.356 e. The van der Waals surface area contributed by atoms with Crippen molar-refractivity contribution in [2.45, 2.75) is 44.6 Å². The lowest BCUT2D eigenvalue weighted by Gasteiger charge is -2.21. The minimum absolute atomic E-state index is 0.170. The summed E-state index contributed by atoms with van der Waals surface area (Å²) >= 11 is 0. The zero-order valence-corrected chi connectivity index (χ0v) is 15.8. The van der Waals surface area contributed by atoms with Crippen LogP contribution in [0.25, 0.3) is 0 Å². The van der Waals surface area contributed by atoms with Gasteiger partial charge in [0.2, 0.25) is 5.91 Å². The Morgan fingerprint density at radius 2 is 2.04 bits per heavy atom. The second-order valence-electron chi connectivity index (χ2n) is 7.38. The van der Waals surface area contributed by atoms with Crippen LogP contribution in [0, 0.1) is 17.6 Å². The zero-order valence-electron chi connectivity index (χ0n) is 15.8. The number of rotatable bonds is 5. The van der Waals surface area contributed by atoms with Gasteiger partial charge in [-0.05, 0) is 37.3 Å². The summed E-state index contributed by atoms with van der Waals surface area (Å²) in [6, 6.07) is 3.80.